The molecular weight excluding hydrogens is 402 g/mol. The number of nitrogens with one attached hydrogen (secondary N) is 1. The van der Waals surface area contributed by atoms with E-state index in [4.69, 9.17) is 4.42 Å². The lowest BCUT2D eigenvalue weighted by atomic mass is 10.1. The predicted octanol–water partition coefficient (Wildman–Crippen LogP) is 5.59. The summed E-state index contributed by atoms with van der Waals surface area (Å²) in [6.45, 7) is 1.60. The monoisotopic (exact) mass is 414 g/mol. The summed E-state index contributed by atoms with van der Waals surface area (Å²) in [4.78, 5) is 15.5. The summed E-state index contributed by atoms with van der Waals surface area (Å²) in [5.41, 5.74) is -0.568. The molecule has 0 aliphatic rings. The quantitative estimate of drug-likeness (QED) is 0.566. The molecule has 4 nitrogen and oxygen atoms in total. The van der Waals surface area contributed by atoms with Crippen LogP contribution in [-0.2, 0) is 12.6 Å². The van der Waals surface area contributed by atoms with Gasteiger partial charge < -0.3 is 9.73 Å². The molecule has 29 heavy (non-hydrogen) atoms. The first-order valence-electron chi connectivity index (χ1n) is 8.23. The van der Waals surface area contributed by atoms with Crippen molar-refractivity contribution in [2.24, 2.45) is 0 Å². The molecule has 0 aliphatic carbocycles. The Morgan fingerprint density at radius 3 is 2.17 bits per heavy atom. The molecule has 2 aromatic carbocycles. The summed E-state index contributed by atoms with van der Waals surface area (Å²) in [7, 11) is 0. The van der Waals surface area contributed by atoms with Gasteiger partial charge in [0.2, 0.25) is 0 Å². The van der Waals surface area contributed by atoms with Crippen LogP contribution in [0.1, 0.15) is 28.9 Å². The number of benzene rings is 2. The molecule has 152 valence electrons. The van der Waals surface area contributed by atoms with Gasteiger partial charge >= 0.3 is 12.1 Å². The van der Waals surface area contributed by atoms with Gasteiger partial charge in [0.25, 0.3) is 5.91 Å². The van der Waals surface area contributed by atoms with E-state index in [-0.39, 0.29) is 23.6 Å². The SMILES string of the molecule is CCc1oc(C(F)(F)F)nc1-c1ccc(NC(=O)c2c(F)cc(F)cc2F)cc1. The van der Waals surface area contributed by atoms with Crippen LogP contribution in [0, 0.1) is 17.5 Å². The Morgan fingerprint density at radius 2 is 1.66 bits per heavy atom. The molecule has 10 heteroatoms. The van der Waals surface area contributed by atoms with E-state index in [2.05, 4.69) is 10.3 Å². The Kier molecular flexibility index (Phi) is 5.36. The number of alkyl halides is 3. The number of oxazole rings is 1. The summed E-state index contributed by atoms with van der Waals surface area (Å²) in [6, 6.07) is 6.10. The van der Waals surface area contributed by atoms with Crippen molar-refractivity contribution in [1.82, 2.24) is 4.98 Å². The smallest absolute Gasteiger partial charge is 0.437 e. The highest BCUT2D eigenvalue weighted by Crippen LogP contribution is 2.34. The maximum atomic E-state index is 13.7. The van der Waals surface area contributed by atoms with Crippen LogP contribution in [0.2, 0.25) is 0 Å². The van der Waals surface area contributed by atoms with Gasteiger partial charge in [-0.05, 0) is 12.1 Å². The Labute approximate surface area is 160 Å². The second kappa shape index (κ2) is 7.61. The van der Waals surface area contributed by atoms with Crippen LogP contribution >= 0.6 is 0 Å². The highest BCUT2D eigenvalue weighted by molar-refractivity contribution is 6.04. The molecule has 0 spiro atoms. The maximum Gasteiger partial charge on any atom is 0.468 e. The number of hydrogen-bond acceptors (Lipinski definition) is 3. The molecule has 0 saturated heterocycles. The molecule has 1 amide bonds. The Bertz CT molecular complexity index is 1030. The highest BCUT2D eigenvalue weighted by Gasteiger charge is 2.38. The van der Waals surface area contributed by atoms with Crippen molar-refractivity contribution >= 4 is 11.6 Å². The minimum atomic E-state index is -4.74. The first kappa shape index (κ1) is 20.4. The number of amides is 1. The molecule has 3 aromatic rings. The third kappa shape index (κ3) is 4.25. The fraction of sp³-hybridized carbons (Fsp3) is 0.158. The number of halogens is 6. The van der Waals surface area contributed by atoms with Crippen LogP contribution in [0.3, 0.4) is 0 Å². The van der Waals surface area contributed by atoms with Gasteiger partial charge in [-0.2, -0.15) is 13.2 Å². The number of hydrogen-bond donors (Lipinski definition) is 1. The van der Waals surface area contributed by atoms with Crippen LogP contribution in [0.5, 0.6) is 0 Å². The van der Waals surface area contributed by atoms with Crippen molar-refractivity contribution in [3.8, 4) is 11.3 Å². The summed E-state index contributed by atoms with van der Waals surface area (Å²) in [5.74, 6) is -6.40. The number of aromatic nitrogens is 1. The summed E-state index contributed by atoms with van der Waals surface area (Å²) < 4.78 is 83.5. The number of carbonyl (C=O) groups is 1. The molecule has 0 bridgehead atoms. The molecule has 0 atom stereocenters. The number of anilines is 1. The van der Waals surface area contributed by atoms with Gasteiger partial charge in [0, 0.05) is 29.8 Å². The fourth-order valence-corrected chi connectivity index (χ4v) is 2.60. The van der Waals surface area contributed by atoms with Crippen molar-refractivity contribution in [2.75, 3.05) is 5.32 Å². The van der Waals surface area contributed by atoms with Gasteiger partial charge in [0.05, 0.1) is 0 Å². The molecule has 0 radical (unpaired) electrons. The average Bonchev–Trinajstić information content (AvgIpc) is 3.06. The lowest BCUT2D eigenvalue weighted by molar-refractivity contribution is -0.157. The number of aryl methyl sites for hydroxylation is 1. The number of rotatable bonds is 4. The van der Waals surface area contributed by atoms with Gasteiger partial charge in [-0.1, -0.05) is 19.1 Å². The average molecular weight is 414 g/mol. The van der Waals surface area contributed by atoms with Crippen molar-refractivity contribution < 1.29 is 35.6 Å². The van der Waals surface area contributed by atoms with Crippen molar-refractivity contribution in [1.29, 1.82) is 0 Å². The number of carbonyl (C=O) groups excluding carboxylic acids is 1. The van der Waals surface area contributed by atoms with Gasteiger partial charge in [0.1, 0.15) is 34.5 Å². The van der Waals surface area contributed by atoms with Crippen LogP contribution in [0.25, 0.3) is 11.3 Å². The van der Waals surface area contributed by atoms with E-state index in [9.17, 15) is 31.1 Å². The molecule has 0 saturated carbocycles. The molecular formula is C19H12F6N2O2. The molecule has 0 unspecified atom stereocenters. The summed E-state index contributed by atoms with van der Waals surface area (Å²) >= 11 is 0. The second-order valence-corrected chi connectivity index (χ2v) is 5.92. The van der Waals surface area contributed by atoms with Crippen LogP contribution < -0.4 is 5.32 Å². The Hall–Kier alpha value is -3.30. The van der Waals surface area contributed by atoms with Gasteiger partial charge in [-0.3, -0.25) is 4.79 Å². The van der Waals surface area contributed by atoms with Gasteiger partial charge in [-0.15, -0.1) is 0 Å². The Morgan fingerprint density at radius 1 is 1.07 bits per heavy atom. The largest absolute Gasteiger partial charge is 0.468 e. The first-order valence-corrected chi connectivity index (χ1v) is 8.23. The molecule has 1 heterocycles. The maximum absolute atomic E-state index is 13.7. The lowest BCUT2D eigenvalue weighted by Gasteiger charge is -2.08. The first-order chi connectivity index (χ1) is 13.6. The summed E-state index contributed by atoms with van der Waals surface area (Å²) in [5, 5.41) is 2.23. The highest BCUT2D eigenvalue weighted by atomic mass is 19.4. The third-order valence-corrected chi connectivity index (χ3v) is 3.91. The Balaban J connectivity index is 1.85. The fourth-order valence-electron chi connectivity index (χ4n) is 2.60. The number of nitrogens with zero attached hydrogens (tertiary/aromatic N) is 1. The van der Waals surface area contributed by atoms with E-state index < -0.39 is 41.0 Å². The molecule has 0 aliphatic heterocycles. The van der Waals surface area contributed by atoms with E-state index in [0.29, 0.717) is 17.7 Å². The zero-order chi connectivity index (χ0) is 21.3. The zero-order valence-corrected chi connectivity index (χ0v) is 14.7. The van der Waals surface area contributed by atoms with Gasteiger partial charge in [-0.25, -0.2) is 18.2 Å². The topological polar surface area (TPSA) is 55.1 Å². The molecule has 3 rings (SSSR count). The van der Waals surface area contributed by atoms with Crippen molar-refractivity contribution in [3.63, 3.8) is 0 Å². The third-order valence-electron chi connectivity index (χ3n) is 3.91. The van der Waals surface area contributed by atoms with Gasteiger partial charge in [0.15, 0.2) is 0 Å². The van der Waals surface area contributed by atoms with Crippen molar-refractivity contribution in [3.05, 3.63) is 71.1 Å². The lowest BCUT2D eigenvalue weighted by Crippen LogP contribution is -2.16. The molecule has 1 aromatic heterocycles. The normalized spacial score (nSPS) is 11.6. The standard InChI is InChI=1S/C19H12F6N2O2/c1-2-14-16(27-18(29-14)19(23,24)25)9-3-5-11(6-4-9)26-17(28)15-12(21)7-10(20)8-13(15)22/h3-8H,2H2,1H3,(H,26,28). The summed E-state index contributed by atoms with van der Waals surface area (Å²) in [6.07, 6.45) is -4.57. The second-order valence-electron chi connectivity index (χ2n) is 5.92. The van der Waals surface area contributed by atoms with E-state index in [1.54, 1.807) is 6.92 Å². The minimum Gasteiger partial charge on any atom is -0.437 e. The molecule has 0 fully saturated rings. The van der Waals surface area contributed by atoms with E-state index in [1.165, 1.54) is 24.3 Å². The van der Waals surface area contributed by atoms with Crippen LogP contribution in [0.4, 0.5) is 32.0 Å². The van der Waals surface area contributed by atoms with Crippen LogP contribution in [0.15, 0.2) is 40.8 Å². The van der Waals surface area contributed by atoms with Crippen LogP contribution in [-0.4, -0.2) is 10.9 Å². The van der Waals surface area contributed by atoms with E-state index >= 15 is 0 Å². The van der Waals surface area contributed by atoms with E-state index in [0.717, 1.165) is 0 Å². The zero-order valence-electron chi connectivity index (χ0n) is 14.7. The predicted molar refractivity (Wildman–Crippen MR) is 90.6 cm³/mol. The van der Waals surface area contributed by atoms with Crippen molar-refractivity contribution in [2.45, 2.75) is 19.5 Å². The minimum absolute atomic E-state index is 0.00618. The van der Waals surface area contributed by atoms with E-state index in [1.807, 2.05) is 0 Å². The molecule has 1 N–H and O–H groups in total.